The van der Waals surface area contributed by atoms with Crippen LogP contribution in [0.5, 0.6) is 0 Å². The van der Waals surface area contributed by atoms with Crippen LogP contribution in [0.2, 0.25) is 0 Å². The van der Waals surface area contributed by atoms with E-state index in [9.17, 15) is 14.8 Å². The topological polar surface area (TPSA) is 116 Å². The molecule has 252 valence electrons. The van der Waals surface area contributed by atoms with Crippen LogP contribution in [0.15, 0.2) is 68.9 Å². The van der Waals surface area contributed by atoms with Crippen molar-refractivity contribution in [2.75, 3.05) is 11.6 Å². The normalized spacial score (nSPS) is 10.7. The van der Waals surface area contributed by atoms with Crippen LogP contribution in [-0.4, -0.2) is 37.6 Å². The summed E-state index contributed by atoms with van der Waals surface area (Å²) >= 11 is 1.13. The second kappa shape index (κ2) is 17.0. The number of aryl methyl sites for hydroxylation is 3. The van der Waals surface area contributed by atoms with Crippen molar-refractivity contribution >= 4 is 34.6 Å². The molecule has 0 aliphatic carbocycles. The van der Waals surface area contributed by atoms with E-state index in [0.29, 0.717) is 35.1 Å². The minimum Gasteiger partial charge on any atom is -0.469 e. The van der Waals surface area contributed by atoms with E-state index in [0.717, 1.165) is 61.9 Å². The molecule has 47 heavy (non-hydrogen) atoms. The Balaban J connectivity index is 0.00000144. The number of carbonyl (C=O) groups excluding carboxylic acids is 1. The molecule has 0 aliphatic heterocycles. The highest BCUT2D eigenvalue weighted by Crippen LogP contribution is 2.35. The quantitative estimate of drug-likeness (QED) is 0.0850. The third kappa shape index (κ3) is 8.33. The number of benzene rings is 2. The van der Waals surface area contributed by atoms with Crippen molar-refractivity contribution in [3.05, 3.63) is 99.1 Å². The van der Waals surface area contributed by atoms with E-state index in [-0.39, 0.29) is 26.0 Å². The fourth-order valence-electron chi connectivity index (χ4n) is 5.07. The number of anilines is 1. The van der Waals surface area contributed by atoms with Gasteiger partial charge in [-0.05, 0) is 51.0 Å². The molecule has 0 saturated heterocycles. The number of aromatic nitrogens is 4. The van der Waals surface area contributed by atoms with Crippen LogP contribution in [0.1, 0.15) is 81.4 Å². The molecule has 0 amide bonds. The lowest BCUT2D eigenvalue weighted by molar-refractivity contribution is -0.139. The van der Waals surface area contributed by atoms with Crippen LogP contribution < -0.4 is 10.0 Å². The molecular weight excluding hydrogens is 614 g/mol. The smallest absolute Gasteiger partial charge is 0.310 e. The Labute approximate surface area is 281 Å². The van der Waals surface area contributed by atoms with Crippen molar-refractivity contribution in [2.24, 2.45) is 0 Å². The van der Waals surface area contributed by atoms with Crippen molar-refractivity contribution in [1.29, 1.82) is 0 Å². The highest BCUT2D eigenvalue weighted by Gasteiger charge is 2.21. The molecule has 11 heteroatoms. The Kier molecular flexibility index (Phi) is 13.4. The number of carbonyl (C=O) groups is 1. The van der Waals surface area contributed by atoms with Crippen molar-refractivity contribution in [3.63, 3.8) is 0 Å². The maximum atomic E-state index is 13.8. The lowest BCUT2D eigenvalue weighted by atomic mass is 10.1. The maximum absolute atomic E-state index is 13.8. The predicted octanol–water partition coefficient (Wildman–Crippen LogP) is 8.16. The molecule has 3 aromatic heterocycles. The standard InChI is InChI=1S/C32H35N5O5S.C3H8.CH4/c1-6-7-16-29-33-21(3)25(17-30(38)41-5)32(39)36(29)19-23-18-35(26-13-9-8-12-24(23)26)27-14-10-11-15-28(27)43-37(40)31-20(2)22(4)42-34-31;1-3-2;/h8-15,18,40H,6-7,16-17,19H2,1-5H3;3H2,1-2H3;1H4. The minimum atomic E-state index is -0.477. The molecule has 0 fully saturated rings. The Morgan fingerprint density at radius 2 is 1.74 bits per heavy atom. The molecule has 0 bridgehead atoms. The zero-order valence-corrected chi connectivity index (χ0v) is 28.5. The van der Waals surface area contributed by atoms with Crippen LogP contribution in [-0.2, 0) is 28.9 Å². The number of hydrogen-bond donors (Lipinski definition) is 1. The van der Waals surface area contributed by atoms with Crippen LogP contribution in [0.4, 0.5) is 5.82 Å². The van der Waals surface area contributed by atoms with Crippen LogP contribution in [0.25, 0.3) is 16.6 Å². The second-order valence-electron chi connectivity index (χ2n) is 11.1. The van der Waals surface area contributed by atoms with E-state index < -0.39 is 5.97 Å². The van der Waals surface area contributed by atoms with E-state index >= 15 is 0 Å². The lowest BCUT2D eigenvalue weighted by Crippen LogP contribution is -2.31. The number of ether oxygens (including phenoxy) is 1. The summed E-state index contributed by atoms with van der Waals surface area (Å²) in [6.45, 7) is 12.0. The monoisotopic (exact) mass is 661 g/mol. The van der Waals surface area contributed by atoms with Crippen molar-refractivity contribution in [3.8, 4) is 5.69 Å². The fourth-order valence-corrected chi connectivity index (χ4v) is 5.91. The van der Waals surface area contributed by atoms with Crippen molar-refractivity contribution in [2.45, 2.75) is 92.5 Å². The molecular formula is C36H47N5O5S. The largest absolute Gasteiger partial charge is 0.469 e. The van der Waals surface area contributed by atoms with Gasteiger partial charge in [-0.25, -0.2) is 4.98 Å². The number of rotatable bonds is 11. The lowest BCUT2D eigenvalue weighted by Gasteiger charge is -2.16. The molecule has 0 saturated carbocycles. The van der Waals surface area contributed by atoms with Gasteiger partial charge in [-0.3, -0.25) is 19.4 Å². The minimum absolute atomic E-state index is 0. The average Bonchev–Trinajstić information content (AvgIpc) is 3.59. The van der Waals surface area contributed by atoms with E-state index in [4.69, 9.17) is 14.2 Å². The predicted molar refractivity (Wildman–Crippen MR) is 189 cm³/mol. The van der Waals surface area contributed by atoms with Crippen molar-refractivity contribution < 1.29 is 19.3 Å². The van der Waals surface area contributed by atoms with Crippen LogP contribution >= 0.6 is 11.9 Å². The number of methoxy groups -OCH3 is 1. The summed E-state index contributed by atoms with van der Waals surface area (Å²) in [5.74, 6) is 1.19. The number of unbranched alkanes of at least 4 members (excludes halogenated alkanes) is 1. The fraction of sp³-hybridized carbons (Fsp3) is 0.389. The van der Waals surface area contributed by atoms with Crippen LogP contribution in [0.3, 0.4) is 0 Å². The Bertz CT molecular complexity index is 1860. The average molecular weight is 662 g/mol. The van der Waals surface area contributed by atoms with Gasteiger partial charge in [-0.2, -0.15) is 4.47 Å². The zero-order valence-electron chi connectivity index (χ0n) is 27.7. The Hall–Kier alpha value is -4.35. The highest BCUT2D eigenvalue weighted by molar-refractivity contribution is 8.00. The SMILES string of the molecule is C.CCC.CCCCc1nc(C)c(CC(=O)OC)c(=O)n1Cc1cn(-c2ccccc2SN(O)c2noc(C)c2C)c2ccccc12. The molecule has 10 nitrogen and oxygen atoms in total. The first-order valence-electron chi connectivity index (χ1n) is 15.6. The molecule has 0 unspecified atom stereocenters. The van der Waals surface area contributed by atoms with E-state index in [1.807, 2.05) is 61.7 Å². The maximum Gasteiger partial charge on any atom is 0.310 e. The van der Waals surface area contributed by atoms with Gasteiger partial charge in [0, 0.05) is 46.8 Å². The summed E-state index contributed by atoms with van der Waals surface area (Å²) in [4.78, 5) is 31.5. The summed E-state index contributed by atoms with van der Waals surface area (Å²) in [6, 6.07) is 15.8. The van der Waals surface area contributed by atoms with Gasteiger partial charge in [-0.1, -0.05) is 76.5 Å². The third-order valence-corrected chi connectivity index (χ3v) is 8.49. The first-order valence-corrected chi connectivity index (χ1v) is 16.4. The molecule has 5 rings (SSSR count). The first-order chi connectivity index (χ1) is 22.1. The van der Waals surface area contributed by atoms with Gasteiger partial charge in [0.25, 0.3) is 5.56 Å². The first kappa shape index (κ1) is 37.1. The van der Waals surface area contributed by atoms with E-state index in [1.165, 1.54) is 13.5 Å². The highest BCUT2D eigenvalue weighted by atomic mass is 32.2. The molecule has 3 heterocycles. The summed E-state index contributed by atoms with van der Waals surface area (Å²) in [6.07, 6.45) is 5.64. The van der Waals surface area contributed by atoms with E-state index in [2.05, 4.69) is 30.5 Å². The molecule has 2 aromatic carbocycles. The molecule has 0 radical (unpaired) electrons. The molecule has 0 aliphatic rings. The molecule has 0 atom stereocenters. The Morgan fingerprint density at radius 1 is 1.06 bits per heavy atom. The molecule has 5 aromatic rings. The number of esters is 1. The van der Waals surface area contributed by atoms with Gasteiger partial charge >= 0.3 is 5.97 Å². The number of para-hydroxylation sites is 2. The summed E-state index contributed by atoms with van der Waals surface area (Å²) in [5, 5.41) is 15.9. The summed E-state index contributed by atoms with van der Waals surface area (Å²) in [5.41, 5.74) is 4.14. The van der Waals surface area contributed by atoms with E-state index in [1.54, 1.807) is 18.4 Å². The molecule has 1 N–H and O–H groups in total. The van der Waals surface area contributed by atoms with Crippen molar-refractivity contribution in [1.82, 2.24) is 19.3 Å². The van der Waals surface area contributed by atoms with Gasteiger partial charge in [0.2, 0.25) is 5.82 Å². The van der Waals surface area contributed by atoms with Gasteiger partial charge in [-0.15, -0.1) is 0 Å². The van der Waals surface area contributed by atoms with Crippen LogP contribution in [0, 0.1) is 20.8 Å². The zero-order chi connectivity index (χ0) is 33.4. The second-order valence-corrected chi connectivity index (χ2v) is 12.1. The van der Waals surface area contributed by atoms with Gasteiger partial charge in [0.1, 0.15) is 11.6 Å². The van der Waals surface area contributed by atoms with Gasteiger partial charge < -0.3 is 13.8 Å². The van der Waals surface area contributed by atoms with Gasteiger partial charge in [0.05, 0.1) is 36.2 Å². The van der Waals surface area contributed by atoms with Gasteiger partial charge in [0.15, 0.2) is 0 Å². The number of fused-ring (bicyclic) bond motifs is 1. The number of hydrogen-bond acceptors (Lipinski definition) is 9. The third-order valence-electron chi connectivity index (χ3n) is 7.60. The molecule has 0 spiro atoms. The number of nitrogens with zero attached hydrogens (tertiary/aromatic N) is 5. The summed E-state index contributed by atoms with van der Waals surface area (Å²) < 4.78 is 14.9. The Morgan fingerprint density at radius 3 is 2.40 bits per heavy atom. The summed E-state index contributed by atoms with van der Waals surface area (Å²) in [7, 11) is 1.31.